The molecule has 0 bridgehead atoms. The molecule has 7 nitrogen and oxygen atoms in total. The quantitative estimate of drug-likeness (QED) is 0.805. The lowest BCUT2D eigenvalue weighted by Crippen LogP contribution is -2.42. The van der Waals surface area contributed by atoms with Gasteiger partial charge in [-0.05, 0) is 29.8 Å². The highest BCUT2D eigenvalue weighted by atomic mass is 32.2. The van der Waals surface area contributed by atoms with Crippen LogP contribution in [0.2, 0.25) is 0 Å². The van der Waals surface area contributed by atoms with Gasteiger partial charge in [0.1, 0.15) is 11.9 Å². The topological polar surface area (TPSA) is 70.2 Å². The molecule has 1 aliphatic rings. The molecule has 0 radical (unpaired) electrons. The van der Waals surface area contributed by atoms with E-state index in [9.17, 15) is 13.2 Å². The zero-order valence-electron chi connectivity index (χ0n) is 15.6. The zero-order valence-corrected chi connectivity index (χ0v) is 16.4. The van der Waals surface area contributed by atoms with Gasteiger partial charge in [-0.3, -0.25) is 0 Å². The summed E-state index contributed by atoms with van der Waals surface area (Å²) in [6.45, 7) is 0.549. The molecule has 1 aliphatic heterocycles. The van der Waals surface area contributed by atoms with E-state index in [1.807, 2.05) is 0 Å². The van der Waals surface area contributed by atoms with Crippen LogP contribution in [0.15, 0.2) is 59.5 Å². The highest BCUT2D eigenvalue weighted by molar-refractivity contribution is 7.89. The Labute approximate surface area is 159 Å². The lowest BCUT2D eigenvalue weighted by molar-refractivity contribution is 0.151. The largest absolute Gasteiger partial charge is 0.497 e. The summed E-state index contributed by atoms with van der Waals surface area (Å²) < 4.78 is 33.0. The molecule has 0 N–H and O–H groups in total. The van der Waals surface area contributed by atoms with Crippen LogP contribution in [-0.2, 0) is 10.0 Å². The first-order valence-corrected chi connectivity index (χ1v) is 9.99. The number of nitrogens with zero attached hydrogens (tertiary/aromatic N) is 3. The Balaban J connectivity index is 2.05. The maximum Gasteiger partial charge on any atom is 0.321 e. The smallest absolute Gasteiger partial charge is 0.321 e. The predicted octanol–water partition coefficient (Wildman–Crippen LogP) is 2.38. The molecular weight excluding hydrogens is 366 g/mol. The summed E-state index contributed by atoms with van der Waals surface area (Å²) in [5.74, 6) is 0.666. The molecule has 0 saturated carbocycles. The monoisotopic (exact) mass is 389 g/mol. The van der Waals surface area contributed by atoms with E-state index < -0.39 is 16.2 Å². The molecule has 0 spiro atoms. The van der Waals surface area contributed by atoms with E-state index in [2.05, 4.69) is 0 Å². The first-order valence-electron chi connectivity index (χ1n) is 8.55. The van der Waals surface area contributed by atoms with E-state index in [1.54, 1.807) is 80.7 Å². The number of methoxy groups -OCH3 is 1. The fraction of sp³-hybridized carbons (Fsp3) is 0.316. The van der Waals surface area contributed by atoms with Gasteiger partial charge in [-0.2, -0.15) is 4.31 Å². The summed E-state index contributed by atoms with van der Waals surface area (Å²) in [6, 6.07) is 15.2. The Morgan fingerprint density at radius 2 is 1.67 bits per heavy atom. The Kier molecular flexibility index (Phi) is 5.38. The van der Waals surface area contributed by atoms with Crippen LogP contribution in [0.1, 0.15) is 11.7 Å². The van der Waals surface area contributed by atoms with E-state index >= 15 is 0 Å². The average molecular weight is 389 g/mol. The first-order chi connectivity index (χ1) is 12.9. The summed E-state index contributed by atoms with van der Waals surface area (Å²) in [6.07, 6.45) is -0.712. The molecule has 8 heteroatoms. The van der Waals surface area contributed by atoms with Gasteiger partial charge in [-0.15, -0.1) is 0 Å². The molecule has 1 atom stereocenters. The van der Waals surface area contributed by atoms with Gasteiger partial charge in [-0.25, -0.2) is 13.2 Å². The van der Waals surface area contributed by atoms with Crippen molar-refractivity contribution in [2.24, 2.45) is 0 Å². The summed E-state index contributed by atoms with van der Waals surface area (Å²) in [4.78, 5) is 15.9. The van der Waals surface area contributed by atoms with Crippen LogP contribution < -0.4 is 4.74 Å². The molecule has 1 saturated heterocycles. The Hall–Kier alpha value is -2.58. The highest BCUT2D eigenvalue weighted by Crippen LogP contribution is 2.36. The van der Waals surface area contributed by atoms with Gasteiger partial charge in [0.05, 0.1) is 12.0 Å². The van der Waals surface area contributed by atoms with Crippen molar-refractivity contribution >= 4 is 16.1 Å². The number of sulfonamides is 1. The van der Waals surface area contributed by atoms with Crippen molar-refractivity contribution in [3.63, 3.8) is 0 Å². The zero-order chi connectivity index (χ0) is 19.6. The van der Waals surface area contributed by atoms with E-state index in [0.717, 1.165) is 0 Å². The van der Waals surface area contributed by atoms with Gasteiger partial charge in [0.25, 0.3) is 0 Å². The van der Waals surface area contributed by atoms with Gasteiger partial charge in [-0.1, -0.05) is 30.3 Å². The number of amides is 2. The molecular formula is C19H23N3O4S. The molecule has 2 aromatic rings. The molecule has 3 rings (SSSR count). The standard InChI is InChI=1S/C19H23N3O4S/c1-20(2)19(23)21-13-14-22(27(24,25)17-7-5-4-6-8-17)18(21)15-9-11-16(26-3)12-10-15/h4-12,18H,13-14H2,1-3H3. The molecule has 2 aromatic carbocycles. The normalized spacial score (nSPS) is 17.7. The highest BCUT2D eigenvalue weighted by Gasteiger charge is 2.43. The lowest BCUT2D eigenvalue weighted by Gasteiger charge is -2.31. The number of urea groups is 1. The van der Waals surface area contributed by atoms with Crippen molar-refractivity contribution in [1.29, 1.82) is 0 Å². The van der Waals surface area contributed by atoms with Crippen molar-refractivity contribution in [3.05, 3.63) is 60.2 Å². The van der Waals surface area contributed by atoms with Crippen LogP contribution in [-0.4, -0.2) is 62.8 Å². The van der Waals surface area contributed by atoms with Gasteiger partial charge < -0.3 is 14.5 Å². The van der Waals surface area contributed by atoms with Gasteiger partial charge >= 0.3 is 6.03 Å². The van der Waals surface area contributed by atoms with Crippen molar-refractivity contribution in [2.75, 3.05) is 34.3 Å². The molecule has 1 heterocycles. The van der Waals surface area contributed by atoms with Crippen molar-refractivity contribution < 1.29 is 17.9 Å². The van der Waals surface area contributed by atoms with Gasteiger partial charge in [0, 0.05) is 27.2 Å². The number of ether oxygens (including phenoxy) is 1. The van der Waals surface area contributed by atoms with Crippen LogP contribution >= 0.6 is 0 Å². The van der Waals surface area contributed by atoms with E-state index in [-0.39, 0.29) is 17.5 Å². The number of rotatable bonds is 4. The van der Waals surface area contributed by atoms with Crippen LogP contribution in [0.4, 0.5) is 4.79 Å². The summed E-state index contributed by atoms with van der Waals surface area (Å²) in [5, 5.41) is 0. The fourth-order valence-electron chi connectivity index (χ4n) is 3.17. The molecule has 144 valence electrons. The van der Waals surface area contributed by atoms with E-state index in [0.29, 0.717) is 17.9 Å². The van der Waals surface area contributed by atoms with Crippen LogP contribution in [0.25, 0.3) is 0 Å². The van der Waals surface area contributed by atoms with E-state index in [1.165, 1.54) is 9.21 Å². The van der Waals surface area contributed by atoms with Crippen molar-refractivity contribution in [2.45, 2.75) is 11.1 Å². The summed E-state index contributed by atoms with van der Waals surface area (Å²) in [7, 11) is 1.12. The van der Waals surface area contributed by atoms with E-state index in [4.69, 9.17) is 4.74 Å². The third kappa shape index (κ3) is 3.63. The Bertz CT molecular complexity index is 898. The Morgan fingerprint density at radius 1 is 1.04 bits per heavy atom. The number of carbonyl (C=O) groups is 1. The number of hydrogen-bond donors (Lipinski definition) is 0. The third-order valence-corrected chi connectivity index (χ3v) is 6.39. The number of carbonyl (C=O) groups excluding carboxylic acids is 1. The lowest BCUT2D eigenvalue weighted by atomic mass is 10.1. The number of benzene rings is 2. The average Bonchev–Trinajstić information content (AvgIpc) is 3.13. The number of hydrogen-bond acceptors (Lipinski definition) is 4. The summed E-state index contributed by atoms with van der Waals surface area (Å²) >= 11 is 0. The van der Waals surface area contributed by atoms with Gasteiger partial charge in [0.15, 0.2) is 0 Å². The van der Waals surface area contributed by atoms with Crippen molar-refractivity contribution in [1.82, 2.24) is 14.1 Å². The fourth-order valence-corrected chi connectivity index (χ4v) is 4.76. The second-order valence-electron chi connectivity index (χ2n) is 6.45. The van der Waals surface area contributed by atoms with Crippen LogP contribution in [0, 0.1) is 0 Å². The Morgan fingerprint density at radius 3 is 2.22 bits per heavy atom. The SMILES string of the molecule is COc1ccc(C2N(C(=O)N(C)C)CCN2S(=O)(=O)c2ccccc2)cc1. The molecule has 0 aliphatic carbocycles. The molecule has 1 unspecified atom stereocenters. The summed E-state index contributed by atoms with van der Waals surface area (Å²) in [5.41, 5.74) is 0.711. The maximum atomic E-state index is 13.2. The molecule has 2 amide bonds. The van der Waals surface area contributed by atoms with Crippen LogP contribution in [0.3, 0.4) is 0 Å². The second-order valence-corrected chi connectivity index (χ2v) is 8.34. The van der Waals surface area contributed by atoms with Gasteiger partial charge in [0.2, 0.25) is 10.0 Å². The first kappa shape index (κ1) is 19.2. The minimum absolute atomic E-state index is 0.211. The molecule has 0 aromatic heterocycles. The van der Waals surface area contributed by atoms with Crippen molar-refractivity contribution in [3.8, 4) is 5.75 Å². The second kappa shape index (κ2) is 7.58. The minimum atomic E-state index is -3.75. The molecule has 27 heavy (non-hydrogen) atoms. The predicted molar refractivity (Wildman–Crippen MR) is 102 cm³/mol. The minimum Gasteiger partial charge on any atom is -0.497 e. The third-order valence-electron chi connectivity index (χ3n) is 4.52. The molecule has 1 fully saturated rings. The maximum absolute atomic E-state index is 13.2. The van der Waals surface area contributed by atoms with Crippen LogP contribution in [0.5, 0.6) is 5.75 Å².